The quantitative estimate of drug-likeness (QED) is 0.318. The number of amides is 1. The van der Waals surface area contributed by atoms with Gasteiger partial charge in [0.15, 0.2) is 0 Å². The first-order chi connectivity index (χ1) is 4.66. The SMILES string of the molecule is C=CCOC(=O)[N]C(=N)N. The second kappa shape index (κ2) is 4.37. The van der Waals surface area contributed by atoms with Gasteiger partial charge in [0, 0.05) is 0 Å². The zero-order valence-corrected chi connectivity index (χ0v) is 5.33. The van der Waals surface area contributed by atoms with Crippen molar-refractivity contribution in [3.05, 3.63) is 12.7 Å². The molecule has 0 rings (SSSR count). The second-order valence-corrected chi connectivity index (χ2v) is 1.36. The van der Waals surface area contributed by atoms with E-state index in [4.69, 9.17) is 11.1 Å². The minimum Gasteiger partial charge on any atom is -0.444 e. The van der Waals surface area contributed by atoms with Crippen molar-refractivity contribution in [1.82, 2.24) is 5.32 Å². The lowest BCUT2D eigenvalue weighted by molar-refractivity contribution is 0.163. The summed E-state index contributed by atoms with van der Waals surface area (Å²) in [7, 11) is 0. The van der Waals surface area contributed by atoms with Gasteiger partial charge in [-0.2, -0.15) is 0 Å². The summed E-state index contributed by atoms with van der Waals surface area (Å²) in [6.07, 6.45) is 0.528. The van der Waals surface area contributed by atoms with Crippen molar-refractivity contribution in [2.75, 3.05) is 6.61 Å². The molecule has 55 valence electrons. The molecule has 0 aromatic rings. The first-order valence-electron chi connectivity index (χ1n) is 2.50. The number of nitrogens with two attached hydrogens (primary N) is 1. The van der Waals surface area contributed by atoms with Crippen LogP contribution in [0.15, 0.2) is 12.7 Å². The average molecular weight is 142 g/mol. The smallest absolute Gasteiger partial charge is 0.437 e. The van der Waals surface area contributed by atoms with E-state index in [1.54, 1.807) is 0 Å². The molecule has 10 heavy (non-hydrogen) atoms. The lowest BCUT2D eigenvalue weighted by atomic mass is 10.7. The number of carbonyl (C=O) groups is 1. The third-order valence-electron chi connectivity index (χ3n) is 0.536. The third-order valence-corrected chi connectivity index (χ3v) is 0.536. The molecule has 0 aromatic carbocycles. The van der Waals surface area contributed by atoms with Crippen LogP contribution < -0.4 is 11.1 Å². The van der Waals surface area contributed by atoms with E-state index in [2.05, 4.69) is 16.6 Å². The molecular formula is C5H8N3O2. The maximum atomic E-state index is 10.4. The summed E-state index contributed by atoms with van der Waals surface area (Å²) < 4.78 is 4.36. The molecule has 0 spiro atoms. The molecule has 0 heterocycles. The van der Waals surface area contributed by atoms with Crippen LogP contribution in [-0.4, -0.2) is 18.7 Å². The lowest BCUT2D eigenvalue weighted by Gasteiger charge is -1.97. The molecule has 0 atom stereocenters. The summed E-state index contributed by atoms with van der Waals surface area (Å²) in [4.78, 5) is 10.4. The molecule has 3 N–H and O–H groups in total. The topological polar surface area (TPSA) is 90.3 Å². The van der Waals surface area contributed by atoms with Crippen LogP contribution in [0, 0.1) is 5.41 Å². The van der Waals surface area contributed by atoms with Crippen LogP contribution in [0.5, 0.6) is 0 Å². The van der Waals surface area contributed by atoms with Crippen molar-refractivity contribution in [2.45, 2.75) is 0 Å². The fourth-order valence-corrected chi connectivity index (χ4v) is 0.261. The highest BCUT2D eigenvalue weighted by molar-refractivity contribution is 5.90. The standard InChI is InChI=1S/C5H8N3O2/c1-2-3-10-5(9)8-4(6)7/h2H,1,3H2,(H3,6,7). The van der Waals surface area contributed by atoms with Crippen LogP contribution in [0.2, 0.25) is 0 Å². The Balaban J connectivity index is 3.43. The summed E-state index contributed by atoms with van der Waals surface area (Å²) >= 11 is 0. The number of hydrogen-bond donors (Lipinski definition) is 2. The van der Waals surface area contributed by atoms with Crippen molar-refractivity contribution < 1.29 is 9.53 Å². The third kappa shape index (κ3) is 4.63. The Morgan fingerprint density at radius 3 is 2.90 bits per heavy atom. The number of nitrogens with one attached hydrogen (secondary N) is 1. The number of nitrogens with zero attached hydrogens (tertiary/aromatic N) is 1. The van der Waals surface area contributed by atoms with E-state index < -0.39 is 12.1 Å². The lowest BCUT2D eigenvalue weighted by Crippen LogP contribution is -2.29. The fourth-order valence-electron chi connectivity index (χ4n) is 0.261. The van der Waals surface area contributed by atoms with Crippen molar-refractivity contribution in [2.24, 2.45) is 5.73 Å². The first kappa shape index (κ1) is 8.48. The molecule has 0 saturated heterocycles. The van der Waals surface area contributed by atoms with Gasteiger partial charge in [0.2, 0.25) is 5.96 Å². The molecule has 0 aliphatic carbocycles. The molecule has 5 heteroatoms. The van der Waals surface area contributed by atoms with Gasteiger partial charge in [-0.3, -0.25) is 5.41 Å². The fraction of sp³-hybridized carbons (Fsp3) is 0.200. The van der Waals surface area contributed by atoms with E-state index in [-0.39, 0.29) is 6.61 Å². The van der Waals surface area contributed by atoms with Gasteiger partial charge < -0.3 is 10.5 Å². The zero-order valence-electron chi connectivity index (χ0n) is 5.33. The minimum absolute atomic E-state index is 0.0790. The molecule has 0 unspecified atom stereocenters. The second-order valence-electron chi connectivity index (χ2n) is 1.36. The van der Waals surface area contributed by atoms with E-state index in [0.29, 0.717) is 0 Å². The predicted molar refractivity (Wildman–Crippen MR) is 35.6 cm³/mol. The van der Waals surface area contributed by atoms with Gasteiger partial charge in [0.1, 0.15) is 6.61 Å². The Hall–Kier alpha value is -1.52. The van der Waals surface area contributed by atoms with Gasteiger partial charge in [0.05, 0.1) is 0 Å². The summed E-state index contributed by atoms with van der Waals surface area (Å²) in [5.41, 5.74) is 4.76. The van der Waals surface area contributed by atoms with Crippen molar-refractivity contribution in [3.63, 3.8) is 0 Å². The molecular weight excluding hydrogens is 134 g/mol. The molecule has 0 aliphatic rings. The highest BCUT2D eigenvalue weighted by Gasteiger charge is 2.02. The van der Waals surface area contributed by atoms with E-state index in [9.17, 15) is 4.79 Å². The van der Waals surface area contributed by atoms with Crippen molar-refractivity contribution in [3.8, 4) is 0 Å². The van der Waals surface area contributed by atoms with Gasteiger partial charge in [0.25, 0.3) is 0 Å². The van der Waals surface area contributed by atoms with Gasteiger partial charge >= 0.3 is 6.09 Å². The van der Waals surface area contributed by atoms with Crippen LogP contribution in [0.3, 0.4) is 0 Å². The first-order valence-corrected chi connectivity index (χ1v) is 2.50. The van der Waals surface area contributed by atoms with E-state index >= 15 is 0 Å². The monoisotopic (exact) mass is 142 g/mol. The average Bonchev–Trinajstić information content (AvgIpc) is 1.82. The minimum atomic E-state index is -0.868. The molecule has 1 amide bonds. The number of ether oxygens (including phenoxy) is 1. The van der Waals surface area contributed by atoms with Crippen molar-refractivity contribution in [1.29, 1.82) is 5.41 Å². The molecule has 0 aromatic heterocycles. The highest BCUT2D eigenvalue weighted by atomic mass is 16.5. The van der Waals surface area contributed by atoms with Crippen LogP contribution in [0.25, 0.3) is 0 Å². The van der Waals surface area contributed by atoms with Gasteiger partial charge in [-0.05, 0) is 0 Å². The molecule has 1 radical (unpaired) electrons. The van der Waals surface area contributed by atoms with Crippen LogP contribution in [0.4, 0.5) is 4.79 Å². The van der Waals surface area contributed by atoms with Crippen molar-refractivity contribution >= 4 is 12.1 Å². The highest BCUT2D eigenvalue weighted by Crippen LogP contribution is 1.77. The van der Waals surface area contributed by atoms with Crippen LogP contribution in [-0.2, 0) is 4.74 Å². The Kier molecular flexibility index (Phi) is 3.70. The van der Waals surface area contributed by atoms with Gasteiger partial charge in [-0.15, -0.1) is 5.32 Å². The Labute approximate surface area is 58.4 Å². The van der Waals surface area contributed by atoms with Crippen LogP contribution in [0.1, 0.15) is 0 Å². The predicted octanol–water partition coefficient (Wildman–Crippen LogP) is -0.193. The van der Waals surface area contributed by atoms with Gasteiger partial charge in [-0.1, -0.05) is 12.7 Å². The number of hydrogen-bond acceptors (Lipinski definition) is 3. The zero-order chi connectivity index (χ0) is 7.98. The number of guanidine groups is 1. The van der Waals surface area contributed by atoms with E-state index in [0.717, 1.165) is 0 Å². The maximum absolute atomic E-state index is 10.4. The molecule has 0 bridgehead atoms. The Morgan fingerprint density at radius 2 is 2.50 bits per heavy atom. The summed E-state index contributed by atoms with van der Waals surface area (Å²) in [5, 5.41) is 9.51. The van der Waals surface area contributed by atoms with Crippen LogP contribution >= 0.6 is 0 Å². The van der Waals surface area contributed by atoms with E-state index in [1.165, 1.54) is 6.08 Å². The summed E-state index contributed by atoms with van der Waals surface area (Å²) in [6.45, 7) is 3.39. The maximum Gasteiger partial charge on any atom is 0.437 e. The number of carbonyl (C=O) groups excluding carboxylic acids is 1. The summed E-state index contributed by atoms with van der Waals surface area (Å²) in [6, 6.07) is 0. The molecule has 0 saturated carbocycles. The molecule has 0 aliphatic heterocycles. The molecule has 0 fully saturated rings. The summed E-state index contributed by atoms with van der Waals surface area (Å²) in [5.74, 6) is -0.561. The largest absolute Gasteiger partial charge is 0.444 e. The number of rotatable bonds is 2. The molecule has 5 nitrogen and oxygen atoms in total. The normalized spacial score (nSPS) is 8.00. The van der Waals surface area contributed by atoms with Gasteiger partial charge in [-0.25, -0.2) is 4.79 Å². The Morgan fingerprint density at radius 1 is 1.90 bits per heavy atom. The van der Waals surface area contributed by atoms with E-state index in [1.807, 2.05) is 0 Å². The Bertz CT molecular complexity index is 155.